The van der Waals surface area contributed by atoms with Crippen LogP contribution >= 0.6 is 0 Å². The maximum atomic E-state index is 12.8. The van der Waals surface area contributed by atoms with E-state index >= 15 is 0 Å². The molecule has 0 aromatic heterocycles. The van der Waals surface area contributed by atoms with Crippen LogP contribution in [0.25, 0.3) is 0 Å². The fraction of sp³-hybridized carbons (Fsp3) is 0.562. The summed E-state index contributed by atoms with van der Waals surface area (Å²) in [6.45, 7) is 0.908. The first-order chi connectivity index (χ1) is 11.4. The van der Waals surface area contributed by atoms with Crippen LogP contribution in [0, 0.1) is 11.7 Å². The third-order valence-corrected chi connectivity index (χ3v) is 5.97. The van der Waals surface area contributed by atoms with Gasteiger partial charge in [0.2, 0.25) is 10.0 Å². The Morgan fingerprint density at radius 3 is 2.46 bits per heavy atom. The molecule has 1 aliphatic heterocycles. The van der Waals surface area contributed by atoms with Gasteiger partial charge in [-0.05, 0) is 43.5 Å². The number of ether oxygens (including phenoxy) is 2. The third-order valence-electron chi connectivity index (χ3n) is 4.01. The van der Waals surface area contributed by atoms with E-state index in [1.165, 1.54) is 35.7 Å². The Labute approximate surface area is 141 Å². The van der Waals surface area contributed by atoms with E-state index in [-0.39, 0.29) is 30.1 Å². The van der Waals surface area contributed by atoms with Crippen molar-refractivity contribution in [3.8, 4) is 5.75 Å². The predicted octanol–water partition coefficient (Wildman–Crippen LogP) is 1.81. The summed E-state index contributed by atoms with van der Waals surface area (Å²) in [5, 5.41) is 0. The van der Waals surface area contributed by atoms with Gasteiger partial charge in [0.15, 0.2) is 0 Å². The number of piperidine rings is 1. The Bertz CT molecular complexity index is 639. The van der Waals surface area contributed by atoms with Crippen molar-refractivity contribution in [2.45, 2.75) is 19.3 Å². The molecule has 0 bridgehead atoms. The van der Waals surface area contributed by atoms with E-state index in [9.17, 15) is 17.6 Å². The van der Waals surface area contributed by atoms with E-state index in [4.69, 9.17) is 9.47 Å². The summed E-state index contributed by atoms with van der Waals surface area (Å²) in [5.74, 6) is -0.354. The lowest BCUT2D eigenvalue weighted by molar-refractivity contribution is -0.146. The molecule has 134 valence electrons. The second-order valence-electron chi connectivity index (χ2n) is 5.67. The predicted molar refractivity (Wildman–Crippen MR) is 86.6 cm³/mol. The molecule has 0 N–H and O–H groups in total. The van der Waals surface area contributed by atoms with Crippen molar-refractivity contribution in [3.05, 3.63) is 30.1 Å². The Morgan fingerprint density at radius 1 is 1.25 bits per heavy atom. The molecule has 1 aliphatic rings. The lowest BCUT2D eigenvalue weighted by atomic mass is 9.99. The van der Waals surface area contributed by atoms with Gasteiger partial charge in [-0.3, -0.25) is 4.79 Å². The van der Waals surface area contributed by atoms with E-state index in [1.807, 2.05) is 0 Å². The lowest BCUT2D eigenvalue weighted by Gasteiger charge is -2.29. The molecule has 2 rings (SSSR count). The molecule has 0 amide bonds. The second-order valence-corrected chi connectivity index (χ2v) is 7.76. The van der Waals surface area contributed by atoms with Gasteiger partial charge in [0.1, 0.15) is 11.6 Å². The molecule has 1 fully saturated rings. The number of methoxy groups -OCH3 is 1. The van der Waals surface area contributed by atoms with Gasteiger partial charge in [-0.2, -0.15) is 0 Å². The Balaban J connectivity index is 1.73. The standard InChI is InChI=1S/C16H22FNO5S/c1-22-16(19)13-7-9-18(10-8-13)24(20,21)12-2-11-23-15-5-3-14(17)4-6-15/h3-6,13H,2,7-12H2,1H3. The summed E-state index contributed by atoms with van der Waals surface area (Å²) in [5.41, 5.74) is 0. The number of esters is 1. The maximum Gasteiger partial charge on any atom is 0.308 e. The Kier molecular flexibility index (Phi) is 6.56. The van der Waals surface area contributed by atoms with Gasteiger partial charge in [-0.25, -0.2) is 17.1 Å². The van der Waals surface area contributed by atoms with Crippen molar-refractivity contribution in [1.82, 2.24) is 4.31 Å². The molecule has 0 aliphatic carbocycles. The number of benzene rings is 1. The molecule has 0 atom stereocenters. The minimum Gasteiger partial charge on any atom is -0.494 e. The van der Waals surface area contributed by atoms with Crippen LogP contribution in [0.2, 0.25) is 0 Å². The minimum atomic E-state index is -3.36. The van der Waals surface area contributed by atoms with Gasteiger partial charge in [-0.1, -0.05) is 0 Å². The number of halogens is 1. The van der Waals surface area contributed by atoms with Crippen LogP contribution in [0.4, 0.5) is 4.39 Å². The number of carbonyl (C=O) groups is 1. The molecule has 1 heterocycles. The zero-order valence-electron chi connectivity index (χ0n) is 13.6. The highest BCUT2D eigenvalue weighted by Gasteiger charge is 2.31. The molecule has 1 aromatic carbocycles. The van der Waals surface area contributed by atoms with Crippen molar-refractivity contribution in [1.29, 1.82) is 0 Å². The van der Waals surface area contributed by atoms with Crippen LogP contribution < -0.4 is 4.74 Å². The van der Waals surface area contributed by atoms with Crippen LogP contribution in [0.3, 0.4) is 0 Å². The van der Waals surface area contributed by atoms with E-state index in [1.54, 1.807) is 0 Å². The first kappa shape index (κ1) is 18.7. The van der Waals surface area contributed by atoms with E-state index in [0.717, 1.165) is 0 Å². The number of rotatable bonds is 7. The first-order valence-corrected chi connectivity index (χ1v) is 9.47. The number of carbonyl (C=O) groups excluding carboxylic acids is 1. The average Bonchev–Trinajstić information content (AvgIpc) is 2.59. The summed E-state index contributed by atoms with van der Waals surface area (Å²) >= 11 is 0. The molecule has 0 unspecified atom stereocenters. The molecule has 0 spiro atoms. The number of hydrogen-bond acceptors (Lipinski definition) is 5. The Hall–Kier alpha value is -1.67. The van der Waals surface area contributed by atoms with Crippen molar-refractivity contribution in [3.63, 3.8) is 0 Å². The molecule has 1 aromatic rings. The highest BCUT2D eigenvalue weighted by Crippen LogP contribution is 2.21. The summed E-state index contributed by atoms with van der Waals surface area (Å²) in [6, 6.07) is 5.58. The van der Waals surface area contributed by atoms with Crippen LogP contribution in [-0.4, -0.2) is 51.3 Å². The normalized spacial score (nSPS) is 16.8. The largest absolute Gasteiger partial charge is 0.494 e. The van der Waals surface area contributed by atoms with Crippen LogP contribution in [0.5, 0.6) is 5.75 Å². The van der Waals surface area contributed by atoms with Crippen LogP contribution in [0.15, 0.2) is 24.3 Å². The van der Waals surface area contributed by atoms with Crippen molar-refractivity contribution in [2.75, 3.05) is 32.6 Å². The van der Waals surface area contributed by atoms with E-state index in [0.29, 0.717) is 38.1 Å². The zero-order valence-corrected chi connectivity index (χ0v) is 14.4. The monoisotopic (exact) mass is 359 g/mol. The van der Waals surface area contributed by atoms with Gasteiger partial charge in [0, 0.05) is 13.1 Å². The van der Waals surface area contributed by atoms with Gasteiger partial charge >= 0.3 is 5.97 Å². The summed E-state index contributed by atoms with van der Waals surface area (Å²) < 4.78 is 48.9. The van der Waals surface area contributed by atoms with E-state index < -0.39 is 10.0 Å². The summed E-state index contributed by atoms with van der Waals surface area (Å²) in [4.78, 5) is 11.5. The minimum absolute atomic E-state index is 0.0168. The molecule has 8 heteroatoms. The average molecular weight is 359 g/mol. The van der Waals surface area contributed by atoms with Gasteiger partial charge < -0.3 is 9.47 Å². The molecular formula is C16H22FNO5S. The maximum absolute atomic E-state index is 12.8. The number of nitrogens with zero attached hydrogens (tertiary/aromatic N) is 1. The molecular weight excluding hydrogens is 337 g/mol. The van der Waals surface area contributed by atoms with Crippen molar-refractivity contribution in [2.24, 2.45) is 5.92 Å². The fourth-order valence-electron chi connectivity index (χ4n) is 2.63. The first-order valence-electron chi connectivity index (χ1n) is 7.86. The molecule has 1 saturated heterocycles. The Morgan fingerprint density at radius 2 is 1.88 bits per heavy atom. The zero-order chi connectivity index (χ0) is 17.6. The fourth-order valence-corrected chi connectivity index (χ4v) is 4.14. The van der Waals surface area contributed by atoms with Crippen LogP contribution in [-0.2, 0) is 19.6 Å². The van der Waals surface area contributed by atoms with Crippen molar-refractivity contribution < 1.29 is 27.1 Å². The molecule has 0 radical (unpaired) electrons. The highest BCUT2D eigenvalue weighted by molar-refractivity contribution is 7.89. The number of sulfonamides is 1. The molecule has 0 saturated carbocycles. The van der Waals surface area contributed by atoms with Gasteiger partial charge in [-0.15, -0.1) is 0 Å². The molecule has 6 nitrogen and oxygen atoms in total. The van der Waals surface area contributed by atoms with Gasteiger partial charge in [0.05, 0.1) is 25.4 Å². The summed E-state index contributed by atoms with van der Waals surface area (Å²) in [7, 11) is -2.02. The van der Waals surface area contributed by atoms with E-state index in [2.05, 4.69) is 0 Å². The smallest absolute Gasteiger partial charge is 0.308 e. The highest BCUT2D eigenvalue weighted by atomic mass is 32.2. The lowest BCUT2D eigenvalue weighted by Crippen LogP contribution is -2.41. The second kappa shape index (κ2) is 8.43. The van der Waals surface area contributed by atoms with Crippen LogP contribution in [0.1, 0.15) is 19.3 Å². The van der Waals surface area contributed by atoms with Gasteiger partial charge in [0.25, 0.3) is 0 Å². The molecule has 24 heavy (non-hydrogen) atoms. The quantitative estimate of drug-likeness (QED) is 0.548. The third kappa shape index (κ3) is 5.17. The summed E-state index contributed by atoms with van der Waals surface area (Å²) in [6.07, 6.45) is 1.31. The SMILES string of the molecule is COC(=O)C1CCN(S(=O)(=O)CCCOc2ccc(F)cc2)CC1. The number of hydrogen-bond donors (Lipinski definition) is 0. The topological polar surface area (TPSA) is 72.9 Å². The van der Waals surface area contributed by atoms with Crippen molar-refractivity contribution >= 4 is 16.0 Å².